The van der Waals surface area contributed by atoms with Crippen molar-refractivity contribution in [1.29, 1.82) is 0 Å². The molecule has 0 saturated heterocycles. The highest BCUT2D eigenvalue weighted by Gasteiger charge is 2.31. The molecule has 6 nitrogen and oxygen atoms in total. The van der Waals surface area contributed by atoms with Gasteiger partial charge in [0.2, 0.25) is 0 Å². The third-order valence-corrected chi connectivity index (χ3v) is 5.39. The minimum atomic E-state index is -0.0304. The van der Waals surface area contributed by atoms with Gasteiger partial charge in [-0.2, -0.15) is 0 Å². The van der Waals surface area contributed by atoms with E-state index in [9.17, 15) is 4.79 Å². The van der Waals surface area contributed by atoms with Crippen LogP contribution in [0.5, 0.6) is 0 Å². The summed E-state index contributed by atoms with van der Waals surface area (Å²) in [6.07, 6.45) is 4.03. The van der Waals surface area contributed by atoms with Gasteiger partial charge in [-0.15, -0.1) is 0 Å². The zero-order valence-corrected chi connectivity index (χ0v) is 14.7. The zero-order chi connectivity index (χ0) is 17.8. The lowest BCUT2D eigenvalue weighted by Gasteiger charge is -2.30. The molecule has 0 radical (unpaired) electrons. The van der Waals surface area contributed by atoms with Crippen LogP contribution >= 0.6 is 0 Å². The number of anilines is 2. The minimum absolute atomic E-state index is 0.0304. The first kappa shape index (κ1) is 15.4. The average Bonchev–Trinajstić information content (AvgIpc) is 3.44. The van der Waals surface area contributed by atoms with Gasteiger partial charge in [-0.3, -0.25) is 4.79 Å². The molecule has 2 N–H and O–H groups in total. The summed E-state index contributed by atoms with van der Waals surface area (Å²) in [6, 6.07) is 7.71. The number of fused-ring (bicyclic) bond motifs is 2. The molecule has 1 aliphatic carbocycles. The molecule has 1 amide bonds. The molecule has 0 unspecified atom stereocenters. The van der Waals surface area contributed by atoms with Crippen molar-refractivity contribution in [3.05, 3.63) is 46.8 Å². The van der Waals surface area contributed by atoms with Gasteiger partial charge in [0.1, 0.15) is 0 Å². The molecule has 132 valence electrons. The lowest BCUT2D eigenvalue weighted by Crippen LogP contribution is -2.36. The van der Waals surface area contributed by atoms with Gasteiger partial charge in [0.05, 0.1) is 16.6 Å². The van der Waals surface area contributed by atoms with E-state index < -0.39 is 0 Å². The number of nitrogens with two attached hydrogens (primary N) is 1. The van der Waals surface area contributed by atoms with E-state index in [1.165, 1.54) is 0 Å². The van der Waals surface area contributed by atoms with Crippen molar-refractivity contribution in [3.8, 4) is 0 Å². The third-order valence-electron chi connectivity index (χ3n) is 5.39. The van der Waals surface area contributed by atoms with Crippen molar-refractivity contribution in [2.24, 2.45) is 0 Å². The standard InChI is InChI=1S/C20H20N4O2/c1-11-18-14(10-16(12-7-8-12)22-19(18)26-23-11)20(25)24-9-3-4-13-15(21)5-2-6-17(13)24/h2,5-6,10,12H,3-4,7-9,21H2,1H3. The van der Waals surface area contributed by atoms with Crippen molar-refractivity contribution in [1.82, 2.24) is 10.1 Å². The molecule has 1 aliphatic heterocycles. The molecule has 5 rings (SSSR count). The Hall–Kier alpha value is -2.89. The van der Waals surface area contributed by atoms with Crippen LogP contribution in [0.25, 0.3) is 11.1 Å². The first-order chi connectivity index (χ1) is 12.6. The molecular weight excluding hydrogens is 328 g/mol. The molecule has 1 saturated carbocycles. The summed E-state index contributed by atoms with van der Waals surface area (Å²) in [6.45, 7) is 2.53. The summed E-state index contributed by atoms with van der Waals surface area (Å²) in [5.74, 6) is 0.401. The smallest absolute Gasteiger partial charge is 0.259 e. The van der Waals surface area contributed by atoms with E-state index in [1.54, 1.807) is 0 Å². The highest BCUT2D eigenvalue weighted by molar-refractivity contribution is 6.14. The summed E-state index contributed by atoms with van der Waals surface area (Å²) >= 11 is 0. The van der Waals surface area contributed by atoms with Crippen LogP contribution in [0.2, 0.25) is 0 Å². The second-order valence-corrected chi connectivity index (χ2v) is 7.22. The summed E-state index contributed by atoms with van der Waals surface area (Å²) in [7, 11) is 0. The van der Waals surface area contributed by atoms with Crippen molar-refractivity contribution >= 4 is 28.4 Å². The second-order valence-electron chi connectivity index (χ2n) is 7.22. The fraction of sp³-hybridized carbons (Fsp3) is 0.350. The molecule has 2 aliphatic rings. The molecular formula is C20H20N4O2. The van der Waals surface area contributed by atoms with Gasteiger partial charge >= 0.3 is 0 Å². The van der Waals surface area contributed by atoms with E-state index in [0.717, 1.165) is 53.7 Å². The van der Waals surface area contributed by atoms with Crippen LogP contribution in [0.3, 0.4) is 0 Å². The number of amides is 1. The topological polar surface area (TPSA) is 85.2 Å². The molecule has 26 heavy (non-hydrogen) atoms. The van der Waals surface area contributed by atoms with Gasteiger partial charge in [-0.25, -0.2) is 4.98 Å². The maximum Gasteiger partial charge on any atom is 0.259 e. The Morgan fingerprint density at radius 1 is 1.35 bits per heavy atom. The Labute approximate surface area is 151 Å². The number of aryl methyl sites for hydroxylation is 1. The Morgan fingerprint density at radius 3 is 3.00 bits per heavy atom. The van der Waals surface area contributed by atoms with Crippen molar-refractivity contribution < 1.29 is 9.32 Å². The number of benzene rings is 1. The second kappa shape index (κ2) is 5.56. The van der Waals surface area contributed by atoms with Gasteiger partial charge in [-0.05, 0) is 56.4 Å². The fourth-order valence-corrected chi connectivity index (χ4v) is 3.88. The first-order valence-corrected chi connectivity index (χ1v) is 9.09. The predicted octanol–water partition coefficient (Wildman–Crippen LogP) is 3.58. The molecule has 6 heteroatoms. The van der Waals surface area contributed by atoms with E-state index in [-0.39, 0.29) is 5.91 Å². The van der Waals surface area contributed by atoms with Gasteiger partial charge in [0.15, 0.2) is 0 Å². The average molecular weight is 348 g/mol. The number of nitrogens with zero attached hydrogens (tertiary/aromatic N) is 3. The molecule has 0 atom stereocenters. The molecule has 3 aromatic rings. The lowest BCUT2D eigenvalue weighted by atomic mass is 9.98. The Bertz CT molecular complexity index is 1040. The summed E-state index contributed by atoms with van der Waals surface area (Å²) in [4.78, 5) is 19.9. The van der Waals surface area contributed by atoms with Crippen LogP contribution in [-0.2, 0) is 6.42 Å². The normalized spacial score (nSPS) is 16.7. The van der Waals surface area contributed by atoms with Crippen LogP contribution < -0.4 is 10.6 Å². The largest absolute Gasteiger partial charge is 0.398 e. The number of rotatable bonds is 2. The van der Waals surface area contributed by atoms with Crippen LogP contribution in [0, 0.1) is 6.92 Å². The highest BCUT2D eigenvalue weighted by Crippen LogP contribution is 2.41. The fourth-order valence-electron chi connectivity index (χ4n) is 3.88. The third kappa shape index (κ3) is 2.29. The number of aromatic nitrogens is 2. The maximum atomic E-state index is 13.5. The SMILES string of the molecule is Cc1noc2nc(C3CC3)cc(C(=O)N3CCCc4c(N)cccc43)c12. The number of hydrogen-bond acceptors (Lipinski definition) is 5. The molecule has 0 bridgehead atoms. The molecule has 0 spiro atoms. The maximum absolute atomic E-state index is 13.5. The number of nitrogen functional groups attached to an aromatic ring is 1. The van der Waals surface area contributed by atoms with E-state index >= 15 is 0 Å². The van der Waals surface area contributed by atoms with Crippen LogP contribution in [0.15, 0.2) is 28.8 Å². The number of hydrogen-bond donors (Lipinski definition) is 1. The number of carbonyl (C=O) groups excluding carboxylic acids is 1. The molecule has 2 aromatic heterocycles. The quantitative estimate of drug-likeness (QED) is 0.715. The molecule has 1 fully saturated rings. The van der Waals surface area contributed by atoms with E-state index in [2.05, 4.69) is 10.1 Å². The molecule has 3 heterocycles. The Morgan fingerprint density at radius 2 is 2.19 bits per heavy atom. The first-order valence-electron chi connectivity index (χ1n) is 9.09. The zero-order valence-electron chi connectivity index (χ0n) is 14.7. The Kier molecular flexibility index (Phi) is 3.29. The lowest BCUT2D eigenvalue weighted by molar-refractivity contribution is 0.0986. The van der Waals surface area contributed by atoms with Crippen molar-refractivity contribution in [3.63, 3.8) is 0 Å². The summed E-state index contributed by atoms with van der Waals surface area (Å²) in [5, 5.41) is 4.75. The highest BCUT2D eigenvalue weighted by atomic mass is 16.5. The Balaban J connectivity index is 1.66. The van der Waals surface area contributed by atoms with E-state index in [1.807, 2.05) is 36.1 Å². The van der Waals surface area contributed by atoms with Gasteiger partial charge in [0, 0.05) is 29.5 Å². The van der Waals surface area contributed by atoms with Crippen molar-refractivity contribution in [2.75, 3.05) is 17.2 Å². The monoisotopic (exact) mass is 348 g/mol. The number of pyridine rings is 1. The summed E-state index contributed by atoms with van der Waals surface area (Å²) in [5.41, 5.74) is 11.6. The van der Waals surface area contributed by atoms with Crippen molar-refractivity contribution in [2.45, 2.75) is 38.5 Å². The predicted molar refractivity (Wildman–Crippen MR) is 99.4 cm³/mol. The van der Waals surface area contributed by atoms with Crippen LogP contribution in [0.1, 0.15) is 52.5 Å². The van der Waals surface area contributed by atoms with E-state index in [0.29, 0.717) is 29.4 Å². The van der Waals surface area contributed by atoms with E-state index in [4.69, 9.17) is 10.3 Å². The van der Waals surface area contributed by atoms with Crippen LogP contribution in [-0.4, -0.2) is 22.6 Å². The number of carbonyl (C=O) groups is 1. The summed E-state index contributed by atoms with van der Waals surface area (Å²) < 4.78 is 5.38. The van der Waals surface area contributed by atoms with Gasteiger partial charge in [0.25, 0.3) is 11.6 Å². The molecule has 1 aromatic carbocycles. The van der Waals surface area contributed by atoms with Gasteiger partial charge in [-0.1, -0.05) is 11.2 Å². The van der Waals surface area contributed by atoms with Gasteiger partial charge < -0.3 is 15.2 Å². The van der Waals surface area contributed by atoms with Crippen LogP contribution in [0.4, 0.5) is 11.4 Å². The minimum Gasteiger partial charge on any atom is -0.398 e.